The maximum atomic E-state index is 13.4. The van der Waals surface area contributed by atoms with Crippen molar-refractivity contribution in [2.45, 2.75) is 57.0 Å². The van der Waals surface area contributed by atoms with Gasteiger partial charge in [0.2, 0.25) is 5.82 Å². The molecule has 4 aliphatic carbocycles. The molecular formula is C19H25FN3O3+. The lowest BCUT2D eigenvalue weighted by Gasteiger charge is -2.55. The lowest BCUT2D eigenvalue weighted by atomic mass is 9.53. The summed E-state index contributed by atoms with van der Waals surface area (Å²) in [5.41, 5.74) is -0.185. The first kappa shape index (κ1) is 17.4. The summed E-state index contributed by atoms with van der Waals surface area (Å²) >= 11 is 0. The quantitative estimate of drug-likeness (QED) is 0.623. The molecule has 0 spiro atoms. The number of nitrogens with zero attached hydrogens (tertiary/aromatic N) is 1. The number of nitro benzene ring substituents is 1. The zero-order valence-corrected chi connectivity index (χ0v) is 14.9. The van der Waals surface area contributed by atoms with Crippen molar-refractivity contribution in [2.24, 2.45) is 17.8 Å². The summed E-state index contributed by atoms with van der Waals surface area (Å²) in [6.07, 6.45) is 7.64. The van der Waals surface area contributed by atoms with Crippen molar-refractivity contribution in [3.05, 3.63) is 34.1 Å². The van der Waals surface area contributed by atoms with Gasteiger partial charge < -0.3 is 10.6 Å². The number of nitrogens with two attached hydrogens (primary N) is 1. The van der Waals surface area contributed by atoms with Gasteiger partial charge in [-0.1, -0.05) is 0 Å². The van der Waals surface area contributed by atoms with Crippen molar-refractivity contribution in [1.29, 1.82) is 0 Å². The first-order valence-corrected chi connectivity index (χ1v) is 9.44. The van der Waals surface area contributed by atoms with Crippen LogP contribution in [0.1, 0.15) is 45.4 Å². The molecule has 0 saturated heterocycles. The number of anilines is 1. The minimum absolute atomic E-state index is 0.181. The first-order chi connectivity index (χ1) is 12.3. The van der Waals surface area contributed by atoms with Crippen LogP contribution >= 0.6 is 0 Å². The predicted molar refractivity (Wildman–Crippen MR) is 94.0 cm³/mol. The van der Waals surface area contributed by atoms with E-state index in [2.05, 4.69) is 10.6 Å². The van der Waals surface area contributed by atoms with E-state index in [9.17, 15) is 19.3 Å². The van der Waals surface area contributed by atoms with Crippen molar-refractivity contribution in [3.8, 4) is 0 Å². The fourth-order valence-electron chi connectivity index (χ4n) is 5.97. The van der Waals surface area contributed by atoms with Crippen LogP contribution in [0.4, 0.5) is 15.8 Å². The molecule has 7 heteroatoms. The smallest absolute Gasteiger partial charge is 0.306 e. The molecule has 0 aliphatic heterocycles. The second-order valence-corrected chi connectivity index (χ2v) is 8.65. The van der Waals surface area contributed by atoms with Gasteiger partial charge in [-0.05, 0) is 56.1 Å². The molecule has 4 aliphatic rings. The normalized spacial score (nSPS) is 33.1. The summed E-state index contributed by atoms with van der Waals surface area (Å²) < 4.78 is 13.4. The lowest BCUT2D eigenvalue weighted by Crippen LogP contribution is -3.03. The third-order valence-corrected chi connectivity index (χ3v) is 6.51. The van der Waals surface area contributed by atoms with E-state index >= 15 is 0 Å². The predicted octanol–water partition coefficient (Wildman–Crippen LogP) is 2.59. The molecule has 6 nitrogen and oxygen atoms in total. The van der Waals surface area contributed by atoms with Crippen LogP contribution in [0.5, 0.6) is 0 Å². The van der Waals surface area contributed by atoms with E-state index in [4.69, 9.17) is 0 Å². The lowest BCUT2D eigenvalue weighted by molar-refractivity contribution is -0.754. The number of rotatable bonds is 5. The highest BCUT2D eigenvalue weighted by Crippen LogP contribution is 2.54. The van der Waals surface area contributed by atoms with Gasteiger partial charge in [0.15, 0.2) is 6.04 Å². The minimum Gasteiger partial charge on any atom is -0.331 e. The second kappa shape index (κ2) is 6.30. The van der Waals surface area contributed by atoms with Crippen LogP contribution < -0.4 is 10.6 Å². The van der Waals surface area contributed by atoms with E-state index in [0.717, 1.165) is 29.9 Å². The van der Waals surface area contributed by atoms with Crippen LogP contribution in [0.2, 0.25) is 0 Å². The summed E-state index contributed by atoms with van der Waals surface area (Å²) in [4.78, 5) is 22.7. The molecule has 4 bridgehead atoms. The van der Waals surface area contributed by atoms with Gasteiger partial charge in [0.05, 0.1) is 10.5 Å². The maximum absolute atomic E-state index is 13.4. The highest BCUT2D eigenvalue weighted by Gasteiger charge is 2.54. The summed E-state index contributed by atoms with van der Waals surface area (Å²) in [6, 6.07) is 3.17. The molecule has 4 saturated carbocycles. The molecular weight excluding hydrogens is 337 g/mol. The Morgan fingerprint density at radius 3 is 2.38 bits per heavy atom. The van der Waals surface area contributed by atoms with Crippen LogP contribution in [0, 0.1) is 33.7 Å². The van der Waals surface area contributed by atoms with Crippen molar-refractivity contribution in [3.63, 3.8) is 0 Å². The molecule has 1 aromatic carbocycles. The molecule has 1 atom stereocenters. The topological polar surface area (TPSA) is 88.8 Å². The Morgan fingerprint density at radius 2 is 1.85 bits per heavy atom. The SMILES string of the molecule is C[C@H]([NH2+]C12CC3CC(CC(C3)C1)C2)C(=O)Nc1ccc(F)c([N+](=O)[O-])c1. The van der Waals surface area contributed by atoms with E-state index in [1.165, 1.54) is 44.6 Å². The van der Waals surface area contributed by atoms with Gasteiger partial charge in [0.1, 0.15) is 0 Å². The van der Waals surface area contributed by atoms with E-state index in [0.29, 0.717) is 0 Å². The number of hydrogen-bond acceptors (Lipinski definition) is 3. The number of carbonyl (C=O) groups excluding carboxylic acids is 1. The standard InChI is InChI=1S/C19H24FN3O3/c1-11(18(24)21-15-2-3-16(20)17(7-15)23(25)26)22-19-8-12-4-13(9-19)6-14(5-12)10-19/h2-3,7,11-14,22H,4-6,8-10H2,1H3,(H,21,24)/p+1/t11-,12?,13?,14?,19?/m0/s1. The van der Waals surface area contributed by atoms with Crippen LogP contribution in [0.15, 0.2) is 18.2 Å². The number of carbonyl (C=O) groups is 1. The highest BCUT2D eigenvalue weighted by atomic mass is 19.1. The van der Waals surface area contributed by atoms with Crippen molar-refractivity contribution >= 4 is 17.3 Å². The van der Waals surface area contributed by atoms with Gasteiger partial charge >= 0.3 is 5.69 Å². The van der Waals surface area contributed by atoms with E-state index < -0.39 is 16.4 Å². The Morgan fingerprint density at radius 1 is 1.27 bits per heavy atom. The zero-order chi connectivity index (χ0) is 18.5. The van der Waals surface area contributed by atoms with Crippen LogP contribution in [0.3, 0.4) is 0 Å². The molecule has 3 N–H and O–H groups in total. The van der Waals surface area contributed by atoms with Crippen molar-refractivity contribution < 1.29 is 19.4 Å². The third-order valence-electron chi connectivity index (χ3n) is 6.51. The number of quaternary nitrogens is 1. The molecule has 5 rings (SSSR count). The average Bonchev–Trinajstić information content (AvgIpc) is 2.54. The average molecular weight is 362 g/mol. The van der Waals surface area contributed by atoms with Gasteiger partial charge in [0.25, 0.3) is 5.91 Å². The molecule has 1 amide bonds. The largest absolute Gasteiger partial charge is 0.331 e. The van der Waals surface area contributed by atoms with Crippen LogP contribution in [0.25, 0.3) is 0 Å². The molecule has 140 valence electrons. The monoisotopic (exact) mass is 362 g/mol. The van der Waals surface area contributed by atoms with Gasteiger partial charge in [-0.2, -0.15) is 4.39 Å². The van der Waals surface area contributed by atoms with Crippen LogP contribution in [-0.2, 0) is 4.79 Å². The highest BCUT2D eigenvalue weighted by molar-refractivity contribution is 5.93. The number of halogens is 1. The summed E-state index contributed by atoms with van der Waals surface area (Å²) in [7, 11) is 0. The summed E-state index contributed by atoms with van der Waals surface area (Å²) in [5, 5.41) is 15.8. The molecule has 0 radical (unpaired) electrons. The summed E-state index contributed by atoms with van der Waals surface area (Å²) in [5.74, 6) is 1.34. The summed E-state index contributed by atoms with van der Waals surface area (Å²) in [6.45, 7) is 1.88. The van der Waals surface area contributed by atoms with E-state index in [1.807, 2.05) is 6.92 Å². The van der Waals surface area contributed by atoms with Crippen molar-refractivity contribution in [2.75, 3.05) is 5.32 Å². The van der Waals surface area contributed by atoms with E-state index in [1.54, 1.807) is 0 Å². The third kappa shape index (κ3) is 3.20. The number of benzene rings is 1. The van der Waals surface area contributed by atoms with Gasteiger partial charge in [-0.25, -0.2) is 0 Å². The number of amides is 1. The van der Waals surface area contributed by atoms with Crippen molar-refractivity contribution in [1.82, 2.24) is 0 Å². The Labute approximate surface area is 151 Å². The molecule has 0 heterocycles. The first-order valence-electron chi connectivity index (χ1n) is 9.44. The van der Waals surface area contributed by atoms with E-state index in [-0.39, 0.29) is 23.2 Å². The fraction of sp³-hybridized carbons (Fsp3) is 0.632. The van der Waals surface area contributed by atoms with Gasteiger partial charge in [-0.15, -0.1) is 0 Å². The Balaban J connectivity index is 1.42. The number of hydrogen-bond donors (Lipinski definition) is 2. The zero-order valence-electron chi connectivity index (χ0n) is 14.9. The molecule has 4 fully saturated rings. The molecule has 26 heavy (non-hydrogen) atoms. The molecule has 0 aromatic heterocycles. The van der Waals surface area contributed by atoms with Crippen LogP contribution in [-0.4, -0.2) is 22.4 Å². The number of nitro groups is 1. The molecule has 1 aromatic rings. The Hall–Kier alpha value is -2.02. The maximum Gasteiger partial charge on any atom is 0.306 e. The van der Waals surface area contributed by atoms with Gasteiger partial charge in [0, 0.05) is 31.0 Å². The fourth-order valence-corrected chi connectivity index (χ4v) is 5.97. The number of nitrogens with one attached hydrogen (secondary N) is 1. The Kier molecular flexibility index (Phi) is 4.22. The second-order valence-electron chi connectivity index (χ2n) is 8.65. The minimum atomic E-state index is -0.902. The molecule has 0 unspecified atom stereocenters. The van der Waals surface area contributed by atoms with Gasteiger partial charge in [-0.3, -0.25) is 14.9 Å². The Bertz CT molecular complexity index is 716.